The topological polar surface area (TPSA) is 52.3 Å². The summed E-state index contributed by atoms with van der Waals surface area (Å²) in [6, 6.07) is 21.7. The van der Waals surface area contributed by atoms with Gasteiger partial charge in [0, 0.05) is 4.90 Å². The highest BCUT2D eigenvalue weighted by Gasteiger charge is 2.14. The van der Waals surface area contributed by atoms with Gasteiger partial charge in [-0.2, -0.15) is 9.61 Å². The fourth-order valence-corrected chi connectivity index (χ4v) is 3.23. The largest absolute Gasteiger partial charge is 0.496 e. The fourth-order valence-electron chi connectivity index (χ4n) is 2.43. The van der Waals surface area contributed by atoms with Gasteiger partial charge in [-0.3, -0.25) is 0 Å². The fraction of sp³-hybridized carbons (Fsp3) is 0.0556. The van der Waals surface area contributed by atoms with Gasteiger partial charge in [-0.15, -0.1) is 10.2 Å². The molecule has 0 aliphatic carbocycles. The molecule has 0 spiro atoms. The van der Waals surface area contributed by atoms with Crippen LogP contribution >= 0.6 is 11.8 Å². The lowest BCUT2D eigenvalue weighted by Crippen LogP contribution is -1.98. The molecular weight excluding hydrogens is 320 g/mol. The van der Waals surface area contributed by atoms with E-state index < -0.39 is 0 Å². The summed E-state index contributed by atoms with van der Waals surface area (Å²) < 4.78 is 7.18. The van der Waals surface area contributed by atoms with E-state index in [0.29, 0.717) is 11.5 Å². The number of nitrogens with zero attached hydrogens (tertiary/aromatic N) is 4. The molecule has 118 valence electrons. The van der Waals surface area contributed by atoms with Crippen LogP contribution in [0, 0.1) is 0 Å². The predicted octanol–water partition coefficient (Wildman–Crippen LogP) is 3.95. The highest BCUT2D eigenvalue weighted by atomic mass is 32.2. The standard InChI is InChI=1S/C18H14N4OS/c1-23-15-10-6-5-9-14(15)18-20-19-16-11-12-17(21-22(16)18)24-13-7-3-2-4-8-13/h2-12H,1H3. The maximum Gasteiger partial charge on any atom is 0.189 e. The van der Waals surface area contributed by atoms with Crippen LogP contribution in [0.4, 0.5) is 0 Å². The van der Waals surface area contributed by atoms with Gasteiger partial charge in [0.25, 0.3) is 0 Å². The predicted molar refractivity (Wildman–Crippen MR) is 93.3 cm³/mol. The summed E-state index contributed by atoms with van der Waals surface area (Å²) in [6.07, 6.45) is 0. The maximum absolute atomic E-state index is 5.43. The van der Waals surface area contributed by atoms with Gasteiger partial charge >= 0.3 is 0 Å². The van der Waals surface area contributed by atoms with Crippen molar-refractivity contribution in [3.05, 3.63) is 66.7 Å². The van der Waals surface area contributed by atoms with Gasteiger partial charge in [0.2, 0.25) is 0 Å². The SMILES string of the molecule is COc1ccccc1-c1nnc2ccc(Sc3ccccc3)nn12. The molecule has 6 heteroatoms. The van der Waals surface area contributed by atoms with Crippen LogP contribution in [0.25, 0.3) is 17.0 Å². The number of hydrogen-bond donors (Lipinski definition) is 0. The van der Waals surface area contributed by atoms with E-state index in [1.54, 1.807) is 23.4 Å². The Morgan fingerprint density at radius 1 is 0.875 bits per heavy atom. The third-order valence-electron chi connectivity index (χ3n) is 3.55. The lowest BCUT2D eigenvalue weighted by molar-refractivity contribution is 0.416. The van der Waals surface area contributed by atoms with Crippen molar-refractivity contribution in [1.82, 2.24) is 19.8 Å². The van der Waals surface area contributed by atoms with E-state index >= 15 is 0 Å². The molecule has 5 nitrogen and oxygen atoms in total. The Morgan fingerprint density at radius 3 is 2.50 bits per heavy atom. The lowest BCUT2D eigenvalue weighted by Gasteiger charge is -2.06. The molecule has 2 aromatic heterocycles. The molecule has 0 aliphatic rings. The zero-order valence-corrected chi connectivity index (χ0v) is 13.8. The quantitative estimate of drug-likeness (QED) is 0.565. The van der Waals surface area contributed by atoms with Crippen molar-refractivity contribution in [3.8, 4) is 17.1 Å². The summed E-state index contributed by atoms with van der Waals surface area (Å²) in [5, 5.41) is 14.0. The summed E-state index contributed by atoms with van der Waals surface area (Å²) >= 11 is 1.60. The van der Waals surface area contributed by atoms with E-state index in [1.165, 1.54) is 0 Å². The highest BCUT2D eigenvalue weighted by Crippen LogP contribution is 2.30. The number of fused-ring (bicyclic) bond motifs is 1. The first kappa shape index (κ1) is 14.7. The average molecular weight is 334 g/mol. The van der Waals surface area contributed by atoms with Crippen molar-refractivity contribution in [2.45, 2.75) is 9.92 Å². The monoisotopic (exact) mass is 334 g/mol. The van der Waals surface area contributed by atoms with Crippen LogP contribution in [0.2, 0.25) is 0 Å². The smallest absolute Gasteiger partial charge is 0.189 e. The molecule has 0 amide bonds. The molecule has 0 unspecified atom stereocenters. The van der Waals surface area contributed by atoms with Gasteiger partial charge in [-0.25, -0.2) is 0 Å². The number of para-hydroxylation sites is 1. The second-order valence-electron chi connectivity index (χ2n) is 5.08. The summed E-state index contributed by atoms with van der Waals surface area (Å²) in [6.45, 7) is 0. The summed E-state index contributed by atoms with van der Waals surface area (Å²) in [7, 11) is 1.65. The molecule has 0 fully saturated rings. The molecule has 0 saturated heterocycles. The van der Waals surface area contributed by atoms with Gasteiger partial charge < -0.3 is 4.74 Å². The summed E-state index contributed by atoms with van der Waals surface area (Å²) in [5.74, 6) is 1.41. The van der Waals surface area contributed by atoms with Gasteiger partial charge in [-0.1, -0.05) is 42.1 Å². The van der Waals surface area contributed by atoms with Crippen LogP contribution in [-0.4, -0.2) is 26.9 Å². The number of methoxy groups -OCH3 is 1. The number of rotatable bonds is 4. The van der Waals surface area contributed by atoms with Gasteiger partial charge in [-0.05, 0) is 36.4 Å². The number of ether oxygens (including phenoxy) is 1. The second-order valence-corrected chi connectivity index (χ2v) is 6.17. The molecule has 2 heterocycles. The summed E-state index contributed by atoms with van der Waals surface area (Å²) in [4.78, 5) is 1.14. The first-order valence-corrected chi connectivity index (χ1v) is 8.25. The Bertz CT molecular complexity index is 985. The Balaban J connectivity index is 1.79. The first-order chi connectivity index (χ1) is 11.8. The Labute approximate surface area is 143 Å². The van der Waals surface area contributed by atoms with Crippen molar-refractivity contribution >= 4 is 17.4 Å². The zero-order valence-electron chi connectivity index (χ0n) is 13.0. The van der Waals surface area contributed by atoms with E-state index in [2.05, 4.69) is 27.4 Å². The van der Waals surface area contributed by atoms with E-state index in [1.807, 2.05) is 54.6 Å². The molecule has 4 rings (SSSR count). The molecule has 0 N–H and O–H groups in total. The van der Waals surface area contributed by atoms with Crippen molar-refractivity contribution in [2.24, 2.45) is 0 Å². The van der Waals surface area contributed by atoms with Crippen molar-refractivity contribution < 1.29 is 4.74 Å². The molecule has 0 radical (unpaired) electrons. The summed E-state index contributed by atoms with van der Waals surface area (Å²) in [5.41, 5.74) is 1.56. The second kappa shape index (κ2) is 6.33. The number of benzene rings is 2. The molecule has 0 aliphatic heterocycles. The Hall–Kier alpha value is -2.86. The van der Waals surface area contributed by atoms with E-state index in [0.717, 1.165) is 21.2 Å². The van der Waals surface area contributed by atoms with Gasteiger partial charge in [0.1, 0.15) is 10.8 Å². The number of aromatic nitrogens is 4. The maximum atomic E-state index is 5.43. The van der Waals surface area contributed by atoms with Crippen LogP contribution in [0.15, 0.2) is 76.7 Å². The van der Waals surface area contributed by atoms with Crippen molar-refractivity contribution in [2.75, 3.05) is 7.11 Å². The minimum absolute atomic E-state index is 0.665. The van der Waals surface area contributed by atoms with Crippen LogP contribution < -0.4 is 4.74 Å². The molecule has 24 heavy (non-hydrogen) atoms. The van der Waals surface area contributed by atoms with Crippen LogP contribution in [0.1, 0.15) is 0 Å². The lowest BCUT2D eigenvalue weighted by atomic mass is 10.2. The van der Waals surface area contributed by atoms with Gasteiger partial charge in [0.15, 0.2) is 11.5 Å². The van der Waals surface area contributed by atoms with Crippen LogP contribution in [-0.2, 0) is 0 Å². The highest BCUT2D eigenvalue weighted by molar-refractivity contribution is 7.99. The molecule has 2 aromatic carbocycles. The van der Waals surface area contributed by atoms with Crippen molar-refractivity contribution in [3.63, 3.8) is 0 Å². The Kier molecular flexibility index (Phi) is 3.88. The molecular formula is C18H14N4OS. The van der Waals surface area contributed by atoms with Crippen LogP contribution in [0.5, 0.6) is 5.75 Å². The third-order valence-corrected chi connectivity index (χ3v) is 4.49. The van der Waals surface area contributed by atoms with E-state index in [-0.39, 0.29) is 0 Å². The normalized spacial score (nSPS) is 10.9. The molecule has 0 saturated carbocycles. The molecule has 4 aromatic rings. The van der Waals surface area contributed by atoms with E-state index in [9.17, 15) is 0 Å². The minimum Gasteiger partial charge on any atom is -0.496 e. The third kappa shape index (κ3) is 2.72. The zero-order chi connectivity index (χ0) is 16.4. The first-order valence-electron chi connectivity index (χ1n) is 7.44. The van der Waals surface area contributed by atoms with E-state index in [4.69, 9.17) is 4.74 Å². The number of hydrogen-bond acceptors (Lipinski definition) is 5. The molecule has 0 atom stereocenters. The van der Waals surface area contributed by atoms with Gasteiger partial charge in [0.05, 0.1) is 12.7 Å². The van der Waals surface area contributed by atoms with Crippen LogP contribution in [0.3, 0.4) is 0 Å². The minimum atomic E-state index is 0.665. The molecule has 0 bridgehead atoms. The van der Waals surface area contributed by atoms with Crippen molar-refractivity contribution in [1.29, 1.82) is 0 Å². The average Bonchev–Trinajstić information content (AvgIpc) is 3.05. The Morgan fingerprint density at radius 2 is 1.67 bits per heavy atom.